The number of rotatable bonds is 2. The molecule has 1 N–H and O–H groups in total. The smallest absolute Gasteiger partial charge is 0.123 e. The van der Waals surface area contributed by atoms with Crippen molar-refractivity contribution in [2.24, 2.45) is 5.92 Å². The molecule has 2 rings (SSSR count). The molecular formula is C13H18FNO. The highest BCUT2D eigenvalue weighted by Crippen LogP contribution is 2.26. The van der Waals surface area contributed by atoms with Crippen molar-refractivity contribution in [1.29, 1.82) is 0 Å². The van der Waals surface area contributed by atoms with Crippen molar-refractivity contribution in [3.05, 3.63) is 29.6 Å². The minimum absolute atomic E-state index is 0.0992. The van der Waals surface area contributed by atoms with Crippen LogP contribution in [0.4, 0.5) is 10.1 Å². The van der Waals surface area contributed by atoms with Gasteiger partial charge in [-0.25, -0.2) is 4.39 Å². The van der Waals surface area contributed by atoms with Crippen molar-refractivity contribution in [2.75, 3.05) is 18.0 Å². The van der Waals surface area contributed by atoms with E-state index < -0.39 is 0 Å². The fourth-order valence-electron chi connectivity index (χ4n) is 2.40. The van der Waals surface area contributed by atoms with Gasteiger partial charge in [-0.15, -0.1) is 0 Å². The van der Waals surface area contributed by atoms with Gasteiger partial charge in [0.25, 0.3) is 0 Å². The van der Waals surface area contributed by atoms with Gasteiger partial charge in [-0.3, -0.25) is 0 Å². The highest BCUT2D eigenvalue weighted by atomic mass is 19.1. The van der Waals surface area contributed by atoms with Crippen LogP contribution in [0.1, 0.15) is 25.3 Å². The maximum Gasteiger partial charge on any atom is 0.123 e. The third-order valence-electron chi connectivity index (χ3n) is 3.21. The van der Waals surface area contributed by atoms with Crippen molar-refractivity contribution >= 4 is 5.69 Å². The van der Waals surface area contributed by atoms with Crippen LogP contribution >= 0.6 is 0 Å². The van der Waals surface area contributed by atoms with Crippen molar-refractivity contribution in [1.82, 2.24) is 0 Å². The van der Waals surface area contributed by atoms with Crippen LogP contribution in [0.3, 0.4) is 0 Å². The summed E-state index contributed by atoms with van der Waals surface area (Å²) in [6.07, 6.45) is 2.43. The minimum Gasteiger partial charge on any atom is -0.392 e. The van der Waals surface area contributed by atoms with Crippen LogP contribution in [0.2, 0.25) is 0 Å². The minimum atomic E-state index is -0.280. The first-order chi connectivity index (χ1) is 7.70. The molecule has 0 saturated carbocycles. The van der Waals surface area contributed by atoms with E-state index >= 15 is 0 Å². The Morgan fingerprint density at radius 1 is 1.50 bits per heavy atom. The lowest BCUT2D eigenvalue weighted by Gasteiger charge is -2.34. The number of hydrogen-bond donors (Lipinski definition) is 1. The second-order valence-corrected chi connectivity index (χ2v) is 4.62. The third kappa shape index (κ3) is 2.35. The topological polar surface area (TPSA) is 23.5 Å². The van der Waals surface area contributed by atoms with E-state index in [9.17, 15) is 9.50 Å². The van der Waals surface area contributed by atoms with Gasteiger partial charge in [0.15, 0.2) is 0 Å². The van der Waals surface area contributed by atoms with Crippen LogP contribution in [-0.4, -0.2) is 18.2 Å². The van der Waals surface area contributed by atoms with E-state index in [1.54, 1.807) is 6.07 Å². The van der Waals surface area contributed by atoms with Gasteiger partial charge in [0.05, 0.1) is 6.61 Å². The number of anilines is 1. The summed E-state index contributed by atoms with van der Waals surface area (Å²) in [7, 11) is 0. The molecule has 1 heterocycles. The van der Waals surface area contributed by atoms with Gasteiger partial charge in [-0.05, 0) is 37.0 Å². The van der Waals surface area contributed by atoms with Crippen molar-refractivity contribution < 1.29 is 9.50 Å². The van der Waals surface area contributed by atoms with Crippen molar-refractivity contribution in [3.63, 3.8) is 0 Å². The van der Waals surface area contributed by atoms with Gasteiger partial charge in [-0.2, -0.15) is 0 Å². The molecular weight excluding hydrogens is 205 g/mol. The molecule has 1 unspecified atom stereocenters. The van der Waals surface area contributed by atoms with Gasteiger partial charge in [0.2, 0.25) is 0 Å². The first kappa shape index (κ1) is 11.4. The van der Waals surface area contributed by atoms with E-state index in [1.807, 2.05) is 0 Å². The molecule has 2 nitrogen and oxygen atoms in total. The van der Waals surface area contributed by atoms with E-state index in [0.29, 0.717) is 11.5 Å². The molecule has 3 heteroatoms. The largest absolute Gasteiger partial charge is 0.392 e. The second-order valence-electron chi connectivity index (χ2n) is 4.62. The Hall–Kier alpha value is -1.09. The molecule has 0 aromatic heterocycles. The molecule has 1 saturated heterocycles. The maximum absolute atomic E-state index is 13.0. The quantitative estimate of drug-likeness (QED) is 0.833. The second kappa shape index (κ2) is 4.83. The van der Waals surface area contributed by atoms with Gasteiger partial charge in [0.1, 0.15) is 5.82 Å². The van der Waals surface area contributed by atoms with Crippen LogP contribution in [0.15, 0.2) is 18.2 Å². The molecule has 0 spiro atoms. The fraction of sp³-hybridized carbons (Fsp3) is 0.538. The summed E-state index contributed by atoms with van der Waals surface area (Å²) in [5.41, 5.74) is 1.67. The summed E-state index contributed by atoms with van der Waals surface area (Å²) >= 11 is 0. The van der Waals surface area contributed by atoms with Crippen molar-refractivity contribution in [2.45, 2.75) is 26.4 Å². The highest BCUT2D eigenvalue weighted by Gasteiger charge is 2.18. The number of aliphatic hydroxyl groups is 1. The van der Waals surface area contributed by atoms with Crippen LogP contribution in [0, 0.1) is 11.7 Å². The first-order valence-electron chi connectivity index (χ1n) is 5.85. The molecule has 0 aliphatic carbocycles. The van der Waals surface area contributed by atoms with E-state index in [-0.39, 0.29) is 12.4 Å². The third-order valence-corrected chi connectivity index (χ3v) is 3.21. The van der Waals surface area contributed by atoms with Crippen LogP contribution in [0.25, 0.3) is 0 Å². The van der Waals surface area contributed by atoms with Crippen LogP contribution < -0.4 is 4.90 Å². The lowest BCUT2D eigenvalue weighted by atomic mass is 9.99. The van der Waals surface area contributed by atoms with Gasteiger partial charge >= 0.3 is 0 Å². The Kier molecular flexibility index (Phi) is 3.44. The molecule has 0 radical (unpaired) electrons. The van der Waals surface area contributed by atoms with Gasteiger partial charge < -0.3 is 10.0 Å². The monoisotopic (exact) mass is 223 g/mol. The van der Waals surface area contributed by atoms with E-state index in [0.717, 1.165) is 18.8 Å². The molecule has 1 aliphatic rings. The van der Waals surface area contributed by atoms with E-state index in [4.69, 9.17) is 0 Å². The zero-order valence-electron chi connectivity index (χ0n) is 9.62. The summed E-state index contributed by atoms with van der Waals surface area (Å²) in [6.45, 7) is 4.13. The molecule has 1 aromatic rings. The fourth-order valence-corrected chi connectivity index (χ4v) is 2.40. The lowest BCUT2D eigenvalue weighted by molar-refractivity contribution is 0.281. The molecule has 1 aliphatic heterocycles. The summed E-state index contributed by atoms with van der Waals surface area (Å²) < 4.78 is 13.0. The SMILES string of the molecule is CC1CCCN(c2ccc(F)cc2CO)C1. The van der Waals surface area contributed by atoms with Gasteiger partial charge in [0, 0.05) is 24.3 Å². The summed E-state index contributed by atoms with van der Waals surface area (Å²) in [4.78, 5) is 2.25. The number of nitrogens with zero attached hydrogens (tertiary/aromatic N) is 1. The standard InChI is InChI=1S/C13H18FNO/c1-10-3-2-6-15(8-10)13-5-4-12(14)7-11(13)9-16/h4-5,7,10,16H,2-3,6,8-9H2,1H3. The number of piperidine rings is 1. The van der Waals surface area contributed by atoms with Crippen LogP contribution in [0.5, 0.6) is 0 Å². The summed E-state index contributed by atoms with van der Waals surface area (Å²) in [6, 6.07) is 4.67. The maximum atomic E-state index is 13.0. The summed E-state index contributed by atoms with van der Waals surface area (Å²) in [5.74, 6) is 0.392. The zero-order valence-corrected chi connectivity index (χ0v) is 9.62. The predicted molar refractivity (Wildman–Crippen MR) is 62.9 cm³/mol. The van der Waals surface area contributed by atoms with Gasteiger partial charge in [-0.1, -0.05) is 6.92 Å². The lowest BCUT2D eigenvalue weighted by Crippen LogP contribution is -2.34. The predicted octanol–water partition coefficient (Wildman–Crippen LogP) is 2.55. The Balaban J connectivity index is 2.24. The Morgan fingerprint density at radius 3 is 3.00 bits per heavy atom. The first-order valence-corrected chi connectivity index (χ1v) is 5.85. The Morgan fingerprint density at radius 2 is 2.31 bits per heavy atom. The van der Waals surface area contributed by atoms with Crippen molar-refractivity contribution in [3.8, 4) is 0 Å². The van der Waals surface area contributed by atoms with Crippen LogP contribution in [-0.2, 0) is 6.61 Å². The Bertz CT molecular complexity index is 367. The summed E-state index contributed by atoms with van der Waals surface area (Å²) in [5, 5.41) is 9.25. The molecule has 0 bridgehead atoms. The molecule has 16 heavy (non-hydrogen) atoms. The Labute approximate surface area is 95.7 Å². The van der Waals surface area contributed by atoms with E-state index in [2.05, 4.69) is 11.8 Å². The molecule has 1 fully saturated rings. The number of aliphatic hydroxyl groups excluding tert-OH is 1. The molecule has 0 amide bonds. The van der Waals surface area contributed by atoms with E-state index in [1.165, 1.54) is 25.0 Å². The average Bonchev–Trinajstić information content (AvgIpc) is 2.28. The average molecular weight is 223 g/mol. The molecule has 88 valence electrons. The number of hydrogen-bond acceptors (Lipinski definition) is 2. The number of halogens is 1. The highest BCUT2D eigenvalue weighted by molar-refractivity contribution is 5.54. The number of benzene rings is 1. The normalized spacial score (nSPS) is 21.2. The molecule has 1 atom stereocenters. The zero-order chi connectivity index (χ0) is 11.5. The molecule has 1 aromatic carbocycles.